The summed E-state index contributed by atoms with van der Waals surface area (Å²) in [4.78, 5) is 4.01. The smallest absolute Gasteiger partial charge is 0.264 e. The molecular formula is C27H41N2O3P. The molecule has 3 rings (SSSR count). The van der Waals surface area contributed by atoms with Gasteiger partial charge in [-0.15, -0.1) is 0 Å². The lowest BCUT2D eigenvalue weighted by molar-refractivity contribution is 0.0427. The molecule has 1 aliphatic carbocycles. The molecule has 2 aromatic rings. The number of hydrogen-bond donors (Lipinski definition) is 1. The van der Waals surface area contributed by atoms with Crippen LogP contribution in [0.25, 0.3) is 0 Å². The van der Waals surface area contributed by atoms with Crippen LogP contribution in [0.2, 0.25) is 0 Å². The van der Waals surface area contributed by atoms with Crippen LogP contribution in [0, 0.1) is 17.8 Å². The second kappa shape index (κ2) is 10.6. The van der Waals surface area contributed by atoms with E-state index in [2.05, 4.69) is 20.8 Å². The van der Waals surface area contributed by atoms with Gasteiger partial charge in [0.25, 0.3) is 7.37 Å². The van der Waals surface area contributed by atoms with E-state index in [0.29, 0.717) is 28.6 Å². The highest BCUT2D eigenvalue weighted by Gasteiger charge is 2.42. The Morgan fingerprint density at radius 3 is 1.91 bits per heavy atom. The highest BCUT2D eigenvalue weighted by Crippen LogP contribution is 2.60. The molecule has 6 heteroatoms. The van der Waals surface area contributed by atoms with Crippen LogP contribution in [0.15, 0.2) is 48.5 Å². The fraction of sp³-hybridized carbons (Fsp3) is 0.556. The van der Waals surface area contributed by atoms with Gasteiger partial charge >= 0.3 is 0 Å². The summed E-state index contributed by atoms with van der Waals surface area (Å²) in [6, 6.07) is 15.2. The first kappa shape index (κ1) is 25.8. The second-order valence-corrected chi connectivity index (χ2v) is 12.7. The Balaban J connectivity index is 2.02. The van der Waals surface area contributed by atoms with Crippen molar-refractivity contribution in [1.82, 2.24) is 0 Å². The lowest BCUT2D eigenvalue weighted by atomic mass is 9.75. The third kappa shape index (κ3) is 5.82. The van der Waals surface area contributed by atoms with Crippen molar-refractivity contribution >= 4 is 24.0 Å². The van der Waals surface area contributed by atoms with Crippen LogP contribution in [0.1, 0.15) is 51.4 Å². The fourth-order valence-electron chi connectivity index (χ4n) is 4.80. The van der Waals surface area contributed by atoms with E-state index in [1.54, 1.807) is 0 Å². The highest BCUT2D eigenvalue weighted by atomic mass is 31.2. The van der Waals surface area contributed by atoms with E-state index in [-0.39, 0.29) is 6.10 Å². The van der Waals surface area contributed by atoms with Gasteiger partial charge in [0.15, 0.2) is 5.85 Å². The van der Waals surface area contributed by atoms with Crippen molar-refractivity contribution in [2.24, 2.45) is 17.8 Å². The van der Waals surface area contributed by atoms with Gasteiger partial charge in [-0.05, 0) is 72.6 Å². The molecule has 0 heterocycles. The topological polar surface area (TPSA) is 53.0 Å². The molecule has 0 bridgehead atoms. The summed E-state index contributed by atoms with van der Waals surface area (Å²) in [5.41, 5.74) is 2.66. The van der Waals surface area contributed by atoms with Crippen molar-refractivity contribution in [2.45, 2.75) is 52.0 Å². The first-order chi connectivity index (χ1) is 15.5. The van der Waals surface area contributed by atoms with Crippen molar-refractivity contribution in [3.05, 3.63) is 54.1 Å². The van der Waals surface area contributed by atoms with Gasteiger partial charge in [-0.25, -0.2) is 0 Å². The second-order valence-electron chi connectivity index (χ2n) is 10.3. The SMILES string of the molecule is CC(C)[C@@H]1CC[C@@H](C)C[C@H]1O[P@](=O)(c1ccc(N(C)C)cc1)[C@H](O)c1ccc(N(C)C)cc1. The summed E-state index contributed by atoms with van der Waals surface area (Å²) in [6.07, 6.45) is 2.97. The Bertz CT molecular complexity index is 941. The molecule has 5 nitrogen and oxygen atoms in total. The van der Waals surface area contributed by atoms with E-state index >= 15 is 0 Å². The van der Waals surface area contributed by atoms with Crippen LogP contribution >= 0.6 is 7.37 Å². The van der Waals surface area contributed by atoms with Crippen molar-refractivity contribution in [3.63, 3.8) is 0 Å². The maximum absolute atomic E-state index is 14.7. The van der Waals surface area contributed by atoms with Gasteiger partial charge in [0.2, 0.25) is 0 Å². The van der Waals surface area contributed by atoms with E-state index in [4.69, 9.17) is 4.52 Å². The van der Waals surface area contributed by atoms with Crippen LogP contribution in [-0.4, -0.2) is 39.4 Å². The summed E-state index contributed by atoms with van der Waals surface area (Å²) in [5, 5.41) is 12.1. The molecule has 0 unspecified atom stereocenters. The highest BCUT2D eigenvalue weighted by molar-refractivity contribution is 7.67. The zero-order chi connectivity index (χ0) is 24.3. The molecule has 1 aliphatic rings. The lowest BCUT2D eigenvalue weighted by Gasteiger charge is -2.40. The molecule has 5 atom stereocenters. The minimum absolute atomic E-state index is 0.135. The van der Waals surface area contributed by atoms with Crippen LogP contribution < -0.4 is 15.1 Å². The number of anilines is 2. The molecule has 0 aromatic heterocycles. The molecule has 0 aliphatic heterocycles. The van der Waals surface area contributed by atoms with Crippen LogP contribution in [0.5, 0.6) is 0 Å². The average molecular weight is 473 g/mol. The van der Waals surface area contributed by atoms with Gasteiger partial charge in [-0.1, -0.05) is 39.3 Å². The fourth-order valence-corrected chi connectivity index (χ4v) is 7.09. The average Bonchev–Trinajstić information content (AvgIpc) is 2.78. The monoisotopic (exact) mass is 472 g/mol. The van der Waals surface area contributed by atoms with E-state index in [1.807, 2.05) is 86.5 Å². The zero-order valence-corrected chi connectivity index (χ0v) is 22.1. The standard InChI is InChI=1S/C27H41N2O3P/c1-19(2)25-17-8-20(3)18-26(25)32-33(31,24-15-13-23(14-16-24)29(6)7)27(30)21-9-11-22(12-10-21)28(4)5/h9-16,19-20,25-27,30H,8,17-18H2,1-7H3/t20-,25+,26-,27+,33-/m1/s1. The molecule has 1 N–H and O–H groups in total. The van der Waals surface area contributed by atoms with Crippen LogP contribution in [-0.2, 0) is 9.09 Å². The number of hydrogen-bond acceptors (Lipinski definition) is 5. The summed E-state index contributed by atoms with van der Waals surface area (Å²) in [6.45, 7) is 6.66. The first-order valence-electron chi connectivity index (χ1n) is 12.0. The molecule has 0 saturated heterocycles. The van der Waals surface area contributed by atoms with Gasteiger partial charge in [-0.3, -0.25) is 4.57 Å². The van der Waals surface area contributed by atoms with Gasteiger partial charge in [0.05, 0.1) is 6.10 Å². The maximum Gasteiger partial charge on any atom is 0.264 e. The molecule has 1 fully saturated rings. The van der Waals surface area contributed by atoms with Crippen molar-refractivity contribution in [3.8, 4) is 0 Å². The van der Waals surface area contributed by atoms with E-state index in [9.17, 15) is 9.67 Å². The van der Waals surface area contributed by atoms with Crippen LogP contribution in [0.3, 0.4) is 0 Å². The van der Waals surface area contributed by atoms with E-state index in [0.717, 1.165) is 24.2 Å². The number of aliphatic hydroxyl groups is 1. The Kier molecular flexibility index (Phi) is 8.31. The lowest BCUT2D eigenvalue weighted by Crippen LogP contribution is -2.35. The van der Waals surface area contributed by atoms with Gasteiger partial charge in [0.1, 0.15) is 0 Å². The van der Waals surface area contributed by atoms with Crippen LogP contribution in [0.4, 0.5) is 11.4 Å². The normalized spacial score (nSPS) is 23.7. The van der Waals surface area contributed by atoms with Gasteiger partial charge in [-0.2, -0.15) is 0 Å². The number of aliphatic hydroxyl groups excluding tert-OH is 1. The van der Waals surface area contributed by atoms with Crippen molar-refractivity contribution in [2.75, 3.05) is 38.0 Å². The Labute approximate surface area is 200 Å². The summed E-state index contributed by atoms with van der Waals surface area (Å²) >= 11 is 0. The summed E-state index contributed by atoms with van der Waals surface area (Å²) < 4.78 is 21.2. The van der Waals surface area contributed by atoms with E-state index in [1.165, 1.54) is 6.42 Å². The molecule has 0 amide bonds. The maximum atomic E-state index is 14.7. The predicted molar refractivity (Wildman–Crippen MR) is 140 cm³/mol. The zero-order valence-electron chi connectivity index (χ0n) is 21.2. The van der Waals surface area contributed by atoms with Gasteiger partial charge in [0, 0.05) is 44.9 Å². The third-order valence-corrected chi connectivity index (χ3v) is 9.55. The minimum atomic E-state index is -3.62. The Morgan fingerprint density at radius 2 is 1.42 bits per heavy atom. The minimum Gasteiger partial charge on any atom is -0.378 e. The molecule has 1 saturated carbocycles. The Hall–Kier alpha value is -1.81. The predicted octanol–water partition coefficient (Wildman–Crippen LogP) is 5.89. The summed E-state index contributed by atoms with van der Waals surface area (Å²) in [5.74, 6) is 0.0672. The molecule has 0 spiro atoms. The molecule has 2 aromatic carbocycles. The molecule has 182 valence electrons. The Morgan fingerprint density at radius 1 is 0.909 bits per heavy atom. The third-order valence-electron chi connectivity index (χ3n) is 7.01. The quantitative estimate of drug-likeness (QED) is 0.486. The largest absolute Gasteiger partial charge is 0.378 e. The summed E-state index contributed by atoms with van der Waals surface area (Å²) in [7, 11) is 4.28. The molecular weight excluding hydrogens is 431 g/mol. The van der Waals surface area contributed by atoms with Crippen molar-refractivity contribution in [1.29, 1.82) is 0 Å². The van der Waals surface area contributed by atoms with Crippen molar-refractivity contribution < 1.29 is 14.2 Å². The molecule has 0 radical (unpaired) electrons. The number of benzene rings is 2. The van der Waals surface area contributed by atoms with Gasteiger partial charge < -0.3 is 19.4 Å². The van der Waals surface area contributed by atoms with E-state index < -0.39 is 13.2 Å². The number of rotatable bonds is 8. The number of nitrogens with zero attached hydrogens (tertiary/aromatic N) is 2. The molecule has 33 heavy (non-hydrogen) atoms. The first-order valence-corrected chi connectivity index (χ1v) is 13.7.